The van der Waals surface area contributed by atoms with E-state index in [9.17, 15) is 4.79 Å². The van der Waals surface area contributed by atoms with Crippen molar-refractivity contribution in [3.05, 3.63) is 40.6 Å². The highest BCUT2D eigenvalue weighted by Gasteiger charge is 2.19. The normalized spacial score (nSPS) is 18.0. The van der Waals surface area contributed by atoms with Gasteiger partial charge in [0.2, 0.25) is 5.91 Å². The van der Waals surface area contributed by atoms with Gasteiger partial charge in [-0.3, -0.25) is 4.79 Å². The van der Waals surface area contributed by atoms with Crippen molar-refractivity contribution in [3.63, 3.8) is 0 Å². The van der Waals surface area contributed by atoms with Gasteiger partial charge in [0, 0.05) is 37.8 Å². The molecule has 0 unspecified atom stereocenters. The fourth-order valence-corrected chi connectivity index (χ4v) is 3.18. The largest absolute Gasteiger partial charge is 0.352 e. The SMILES string of the molecule is O=C(CCc1ccsc1)N[C@H]1CCc2nccn2C1. The van der Waals surface area contributed by atoms with Crippen LogP contribution in [-0.4, -0.2) is 21.5 Å². The van der Waals surface area contributed by atoms with E-state index in [0.717, 1.165) is 31.6 Å². The Morgan fingerprint density at radius 2 is 2.53 bits per heavy atom. The zero-order valence-electron chi connectivity index (χ0n) is 10.7. The molecule has 0 aliphatic carbocycles. The van der Waals surface area contributed by atoms with Crippen molar-refractivity contribution in [1.82, 2.24) is 14.9 Å². The van der Waals surface area contributed by atoms with E-state index in [-0.39, 0.29) is 11.9 Å². The molecular formula is C14H17N3OS. The highest BCUT2D eigenvalue weighted by atomic mass is 32.1. The molecule has 1 aliphatic rings. The maximum Gasteiger partial charge on any atom is 0.220 e. The highest BCUT2D eigenvalue weighted by molar-refractivity contribution is 7.07. The average Bonchev–Trinajstić information content (AvgIpc) is 3.07. The summed E-state index contributed by atoms with van der Waals surface area (Å²) in [6, 6.07) is 2.33. The number of carbonyl (C=O) groups is 1. The number of thiophene rings is 1. The summed E-state index contributed by atoms with van der Waals surface area (Å²) < 4.78 is 2.13. The molecule has 0 bridgehead atoms. The van der Waals surface area contributed by atoms with Gasteiger partial charge >= 0.3 is 0 Å². The van der Waals surface area contributed by atoms with Crippen molar-refractivity contribution in [2.75, 3.05) is 0 Å². The number of aryl methyl sites for hydroxylation is 2. The number of fused-ring (bicyclic) bond motifs is 1. The van der Waals surface area contributed by atoms with Crippen LogP contribution in [0.15, 0.2) is 29.2 Å². The van der Waals surface area contributed by atoms with Gasteiger partial charge in [0.15, 0.2) is 0 Å². The summed E-state index contributed by atoms with van der Waals surface area (Å²) >= 11 is 1.68. The molecule has 2 aromatic heterocycles. The van der Waals surface area contributed by atoms with Gasteiger partial charge in [-0.05, 0) is 35.2 Å². The fourth-order valence-electron chi connectivity index (χ4n) is 2.48. The maximum atomic E-state index is 11.9. The molecule has 19 heavy (non-hydrogen) atoms. The van der Waals surface area contributed by atoms with Gasteiger partial charge in [0.05, 0.1) is 0 Å². The minimum absolute atomic E-state index is 0.153. The first-order valence-corrected chi connectivity index (χ1v) is 7.56. The second-order valence-electron chi connectivity index (χ2n) is 4.93. The molecule has 1 atom stereocenters. The Hall–Kier alpha value is -1.62. The summed E-state index contributed by atoms with van der Waals surface area (Å²) in [5.74, 6) is 1.28. The molecule has 1 amide bonds. The zero-order valence-corrected chi connectivity index (χ0v) is 11.5. The molecule has 0 saturated carbocycles. The number of amides is 1. The van der Waals surface area contributed by atoms with Crippen molar-refractivity contribution in [1.29, 1.82) is 0 Å². The van der Waals surface area contributed by atoms with Crippen LogP contribution in [0.3, 0.4) is 0 Å². The molecule has 0 fully saturated rings. The number of rotatable bonds is 4. The molecular weight excluding hydrogens is 258 g/mol. The lowest BCUT2D eigenvalue weighted by atomic mass is 10.1. The van der Waals surface area contributed by atoms with Crippen molar-refractivity contribution in [3.8, 4) is 0 Å². The first kappa shape index (κ1) is 12.4. The number of nitrogens with zero attached hydrogens (tertiary/aromatic N) is 2. The quantitative estimate of drug-likeness (QED) is 0.928. The van der Waals surface area contributed by atoms with Crippen LogP contribution in [0.1, 0.15) is 24.2 Å². The van der Waals surface area contributed by atoms with E-state index in [0.29, 0.717) is 6.42 Å². The third-order valence-electron chi connectivity index (χ3n) is 3.52. The van der Waals surface area contributed by atoms with Gasteiger partial charge in [-0.2, -0.15) is 11.3 Å². The van der Waals surface area contributed by atoms with Gasteiger partial charge < -0.3 is 9.88 Å². The summed E-state index contributed by atoms with van der Waals surface area (Å²) in [5, 5.41) is 7.28. The van der Waals surface area contributed by atoms with Crippen LogP contribution in [0.25, 0.3) is 0 Å². The Balaban J connectivity index is 1.48. The molecule has 4 nitrogen and oxygen atoms in total. The molecule has 3 heterocycles. The standard InChI is InChI=1S/C14H17N3OS/c18-14(4-1-11-5-8-19-10-11)16-12-2-3-13-15-6-7-17(13)9-12/h5-8,10,12H,1-4,9H2,(H,16,18)/t12-/m0/s1. The van der Waals surface area contributed by atoms with E-state index in [4.69, 9.17) is 0 Å². The molecule has 100 valence electrons. The number of nitrogens with one attached hydrogen (secondary N) is 1. The summed E-state index contributed by atoms with van der Waals surface area (Å²) in [7, 11) is 0. The Morgan fingerprint density at radius 3 is 3.37 bits per heavy atom. The van der Waals surface area contributed by atoms with E-state index in [2.05, 4.69) is 31.7 Å². The lowest BCUT2D eigenvalue weighted by molar-refractivity contribution is -0.122. The smallest absolute Gasteiger partial charge is 0.220 e. The maximum absolute atomic E-state index is 11.9. The molecule has 5 heteroatoms. The fraction of sp³-hybridized carbons (Fsp3) is 0.429. The van der Waals surface area contributed by atoms with Crippen LogP contribution in [0.5, 0.6) is 0 Å². The van der Waals surface area contributed by atoms with E-state index < -0.39 is 0 Å². The third-order valence-corrected chi connectivity index (χ3v) is 4.25. The van der Waals surface area contributed by atoms with E-state index in [1.54, 1.807) is 11.3 Å². The predicted molar refractivity (Wildman–Crippen MR) is 75.1 cm³/mol. The Labute approximate surface area is 116 Å². The molecule has 0 saturated heterocycles. The minimum Gasteiger partial charge on any atom is -0.352 e. The number of imidazole rings is 1. The Kier molecular flexibility index (Phi) is 3.64. The molecule has 1 aliphatic heterocycles. The average molecular weight is 275 g/mol. The minimum atomic E-state index is 0.153. The topological polar surface area (TPSA) is 46.9 Å². The van der Waals surface area contributed by atoms with Crippen LogP contribution in [0.4, 0.5) is 0 Å². The first-order chi connectivity index (χ1) is 9.31. The zero-order chi connectivity index (χ0) is 13.1. The Morgan fingerprint density at radius 1 is 1.58 bits per heavy atom. The number of hydrogen-bond acceptors (Lipinski definition) is 3. The molecule has 0 aromatic carbocycles. The van der Waals surface area contributed by atoms with Crippen molar-refractivity contribution < 1.29 is 4.79 Å². The summed E-state index contributed by atoms with van der Waals surface area (Å²) in [6.45, 7) is 0.847. The highest BCUT2D eigenvalue weighted by Crippen LogP contribution is 2.13. The van der Waals surface area contributed by atoms with Gasteiger partial charge in [0.25, 0.3) is 0 Å². The van der Waals surface area contributed by atoms with Crippen molar-refractivity contribution >= 4 is 17.2 Å². The molecule has 1 N–H and O–H groups in total. The molecule has 2 aromatic rings. The van der Waals surface area contributed by atoms with E-state index in [1.807, 2.05) is 12.4 Å². The third kappa shape index (κ3) is 3.04. The van der Waals surface area contributed by atoms with Gasteiger partial charge in [0.1, 0.15) is 5.82 Å². The monoisotopic (exact) mass is 275 g/mol. The van der Waals surface area contributed by atoms with E-state index >= 15 is 0 Å². The lowest BCUT2D eigenvalue weighted by Crippen LogP contribution is -2.40. The Bertz CT molecular complexity index is 547. The summed E-state index contributed by atoms with van der Waals surface area (Å²) in [6.07, 6.45) is 7.15. The number of aromatic nitrogens is 2. The van der Waals surface area contributed by atoms with Gasteiger partial charge in [-0.1, -0.05) is 0 Å². The van der Waals surface area contributed by atoms with Crippen LogP contribution in [-0.2, 0) is 24.2 Å². The predicted octanol–water partition coefficient (Wildman–Crippen LogP) is 2.01. The van der Waals surface area contributed by atoms with Crippen LogP contribution >= 0.6 is 11.3 Å². The van der Waals surface area contributed by atoms with Gasteiger partial charge in [-0.15, -0.1) is 0 Å². The lowest BCUT2D eigenvalue weighted by Gasteiger charge is -2.24. The number of carbonyl (C=O) groups excluding carboxylic acids is 1. The molecule has 0 radical (unpaired) electrons. The molecule has 0 spiro atoms. The van der Waals surface area contributed by atoms with Crippen molar-refractivity contribution in [2.45, 2.75) is 38.3 Å². The van der Waals surface area contributed by atoms with Crippen LogP contribution in [0.2, 0.25) is 0 Å². The second kappa shape index (κ2) is 5.57. The number of hydrogen-bond donors (Lipinski definition) is 1. The van der Waals surface area contributed by atoms with Crippen LogP contribution in [0, 0.1) is 0 Å². The van der Waals surface area contributed by atoms with Crippen molar-refractivity contribution in [2.24, 2.45) is 0 Å². The summed E-state index contributed by atoms with van der Waals surface area (Å²) in [5.41, 5.74) is 1.25. The van der Waals surface area contributed by atoms with Crippen LogP contribution < -0.4 is 5.32 Å². The summed E-state index contributed by atoms with van der Waals surface area (Å²) in [4.78, 5) is 16.2. The first-order valence-electron chi connectivity index (χ1n) is 6.62. The molecule has 3 rings (SSSR count). The van der Waals surface area contributed by atoms with Gasteiger partial charge in [-0.25, -0.2) is 4.98 Å². The second-order valence-corrected chi connectivity index (χ2v) is 5.71. The van der Waals surface area contributed by atoms with E-state index in [1.165, 1.54) is 5.56 Å².